The zero-order valence-corrected chi connectivity index (χ0v) is 14.6. The molecule has 24 heavy (non-hydrogen) atoms. The van der Waals surface area contributed by atoms with Crippen LogP contribution in [0, 0.1) is 20.8 Å². The van der Waals surface area contributed by atoms with Crippen LogP contribution >= 0.6 is 0 Å². The van der Waals surface area contributed by atoms with Gasteiger partial charge in [0.05, 0.1) is 12.8 Å². The Hall–Kier alpha value is -2.24. The lowest BCUT2D eigenvalue weighted by Crippen LogP contribution is -2.42. The van der Waals surface area contributed by atoms with Gasteiger partial charge in [-0.05, 0) is 57.2 Å². The highest BCUT2D eigenvalue weighted by Gasteiger charge is 2.35. The van der Waals surface area contributed by atoms with Crippen molar-refractivity contribution in [2.75, 3.05) is 6.61 Å². The minimum Gasteiger partial charge on any atom is -0.507 e. The third-order valence-electron chi connectivity index (χ3n) is 4.67. The molecule has 0 saturated heterocycles. The molecular weight excluding hydrogens is 312 g/mol. The molecule has 0 aliphatic carbocycles. The molecule has 1 aromatic rings. The number of carbonyl (C=O) groups excluding carboxylic acids is 1. The van der Waals surface area contributed by atoms with Crippen LogP contribution in [0.25, 0.3) is 0 Å². The Morgan fingerprint density at radius 3 is 2.46 bits per heavy atom. The molecule has 1 atom stereocenters. The fourth-order valence-corrected chi connectivity index (χ4v) is 2.91. The number of hydrogen-bond donors (Lipinski definition) is 2. The van der Waals surface area contributed by atoms with E-state index in [1.165, 1.54) is 0 Å². The van der Waals surface area contributed by atoms with E-state index in [4.69, 9.17) is 14.6 Å². The first kappa shape index (κ1) is 18.1. The van der Waals surface area contributed by atoms with E-state index in [1.54, 1.807) is 0 Å². The fraction of sp³-hybridized carbons (Fsp3) is 0.556. The molecule has 0 spiro atoms. The van der Waals surface area contributed by atoms with E-state index in [0.717, 1.165) is 34.4 Å². The Labute approximate surface area is 141 Å². The van der Waals surface area contributed by atoms with Crippen molar-refractivity contribution in [2.45, 2.75) is 59.0 Å². The van der Waals surface area contributed by atoms with Gasteiger partial charge in [-0.3, -0.25) is 9.59 Å². The molecule has 1 heterocycles. The maximum atomic E-state index is 11.6. The van der Waals surface area contributed by atoms with E-state index in [1.807, 2.05) is 27.7 Å². The normalized spacial score (nSPS) is 19.3. The molecule has 0 bridgehead atoms. The summed E-state index contributed by atoms with van der Waals surface area (Å²) in [6.45, 7) is 7.57. The van der Waals surface area contributed by atoms with Crippen LogP contribution < -0.4 is 4.74 Å². The number of esters is 1. The van der Waals surface area contributed by atoms with Gasteiger partial charge in [-0.25, -0.2) is 0 Å². The van der Waals surface area contributed by atoms with Crippen molar-refractivity contribution in [3.63, 3.8) is 0 Å². The first-order chi connectivity index (χ1) is 11.1. The fourth-order valence-electron chi connectivity index (χ4n) is 2.91. The molecule has 2 rings (SSSR count). The largest absolute Gasteiger partial charge is 0.507 e. The number of phenolic OH excluding ortho intramolecular Hbond substituents is 1. The second kappa shape index (κ2) is 6.71. The van der Waals surface area contributed by atoms with Gasteiger partial charge < -0.3 is 19.7 Å². The Morgan fingerprint density at radius 1 is 1.17 bits per heavy atom. The number of aromatic hydroxyl groups is 1. The summed E-state index contributed by atoms with van der Waals surface area (Å²) in [5.74, 6) is -0.512. The van der Waals surface area contributed by atoms with Crippen LogP contribution in [-0.4, -0.2) is 34.4 Å². The number of carbonyl (C=O) groups is 2. The lowest BCUT2D eigenvalue weighted by molar-refractivity contribution is -0.152. The molecule has 1 aliphatic rings. The highest BCUT2D eigenvalue weighted by Crippen LogP contribution is 2.43. The number of aliphatic carboxylic acids is 1. The van der Waals surface area contributed by atoms with Gasteiger partial charge in [0, 0.05) is 5.56 Å². The van der Waals surface area contributed by atoms with Crippen molar-refractivity contribution in [1.82, 2.24) is 0 Å². The number of carboxylic acids is 1. The number of fused-ring (bicyclic) bond motifs is 1. The summed E-state index contributed by atoms with van der Waals surface area (Å²) in [4.78, 5) is 22.1. The second-order valence-corrected chi connectivity index (χ2v) is 6.64. The predicted octanol–water partition coefficient (Wildman–Crippen LogP) is 2.81. The highest BCUT2D eigenvalue weighted by molar-refractivity contribution is 5.76. The summed E-state index contributed by atoms with van der Waals surface area (Å²) in [5.41, 5.74) is 2.83. The Balaban J connectivity index is 2.11. The molecule has 0 saturated carbocycles. The predicted molar refractivity (Wildman–Crippen MR) is 87.5 cm³/mol. The van der Waals surface area contributed by atoms with Crippen LogP contribution in [0.15, 0.2) is 0 Å². The molecule has 132 valence electrons. The van der Waals surface area contributed by atoms with E-state index in [2.05, 4.69) is 0 Å². The van der Waals surface area contributed by atoms with Crippen LogP contribution in [0.2, 0.25) is 0 Å². The van der Waals surface area contributed by atoms with E-state index in [9.17, 15) is 14.7 Å². The van der Waals surface area contributed by atoms with Crippen molar-refractivity contribution < 1.29 is 29.3 Å². The first-order valence-corrected chi connectivity index (χ1v) is 8.02. The summed E-state index contributed by atoms with van der Waals surface area (Å²) < 4.78 is 11.3. The lowest BCUT2D eigenvalue weighted by Gasteiger charge is -2.37. The average molecular weight is 336 g/mol. The smallest absolute Gasteiger partial charge is 0.306 e. The maximum Gasteiger partial charge on any atom is 0.306 e. The molecular formula is C18H24O6. The number of hydrogen-bond acceptors (Lipinski definition) is 5. The Morgan fingerprint density at radius 2 is 1.83 bits per heavy atom. The monoisotopic (exact) mass is 336 g/mol. The summed E-state index contributed by atoms with van der Waals surface area (Å²) in [6.07, 6.45) is 0.983. The van der Waals surface area contributed by atoms with Gasteiger partial charge in [-0.2, -0.15) is 0 Å². The van der Waals surface area contributed by atoms with Crippen LogP contribution in [0.5, 0.6) is 11.5 Å². The van der Waals surface area contributed by atoms with Crippen molar-refractivity contribution in [2.24, 2.45) is 0 Å². The van der Waals surface area contributed by atoms with E-state index in [0.29, 0.717) is 12.2 Å². The van der Waals surface area contributed by atoms with Crippen LogP contribution in [0.3, 0.4) is 0 Å². The molecule has 0 amide bonds. The van der Waals surface area contributed by atoms with Crippen molar-refractivity contribution in [1.29, 1.82) is 0 Å². The van der Waals surface area contributed by atoms with E-state index >= 15 is 0 Å². The van der Waals surface area contributed by atoms with E-state index in [-0.39, 0.29) is 19.4 Å². The Kier molecular flexibility index (Phi) is 5.06. The van der Waals surface area contributed by atoms with Crippen molar-refractivity contribution >= 4 is 11.9 Å². The molecule has 0 aromatic heterocycles. The molecule has 0 fully saturated rings. The second-order valence-electron chi connectivity index (χ2n) is 6.64. The summed E-state index contributed by atoms with van der Waals surface area (Å²) in [6, 6.07) is 0. The third kappa shape index (κ3) is 3.63. The molecule has 6 heteroatoms. The quantitative estimate of drug-likeness (QED) is 0.803. The SMILES string of the molecule is Cc1c(C)c2c(c(C)c1O)CC[C@@](C)(COC(=O)CCC(=O)O)O2. The van der Waals surface area contributed by atoms with Gasteiger partial charge in [0.2, 0.25) is 0 Å². The molecule has 6 nitrogen and oxygen atoms in total. The average Bonchev–Trinajstić information content (AvgIpc) is 2.54. The lowest BCUT2D eigenvalue weighted by atomic mass is 9.87. The molecule has 1 aromatic carbocycles. The first-order valence-electron chi connectivity index (χ1n) is 8.02. The topological polar surface area (TPSA) is 93.1 Å². The van der Waals surface area contributed by atoms with E-state index < -0.39 is 17.5 Å². The minimum absolute atomic E-state index is 0.0727. The Bertz CT molecular complexity index is 679. The van der Waals surface area contributed by atoms with Gasteiger partial charge >= 0.3 is 11.9 Å². The van der Waals surface area contributed by atoms with Gasteiger partial charge in [0.15, 0.2) is 0 Å². The van der Waals surface area contributed by atoms with Crippen LogP contribution in [0.1, 0.15) is 48.4 Å². The molecule has 2 N–H and O–H groups in total. The zero-order valence-electron chi connectivity index (χ0n) is 14.6. The van der Waals surface area contributed by atoms with Gasteiger partial charge in [-0.15, -0.1) is 0 Å². The summed E-state index contributed by atoms with van der Waals surface area (Å²) >= 11 is 0. The molecule has 0 unspecified atom stereocenters. The van der Waals surface area contributed by atoms with Crippen LogP contribution in [0.4, 0.5) is 0 Å². The summed E-state index contributed by atoms with van der Waals surface area (Å²) in [7, 11) is 0. The zero-order chi connectivity index (χ0) is 18.1. The number of phenols is 1. The molecule has 0 radical (unpaired) electrons. The summed E-state index contributed by atoms with van der Waals surface area (Å²) in [5, 5.41) is 18.8. The standard InChI is InChI=1S/C18H24O6/c1-10-11(2)17-13(12(3)16(10)22)7-8-18(4,24-17)9-23-15(21)6-5-14(19)20/h22H,5-9H2,1-4H3,(H,19,20)/t18-/m0/s1. The maximum absolute atomic E-state index is 11.6. The third-order valence-corrected chi connectivity index (χ3v) is 4.67. The van der Waals surface area contributed by atoms with Crippen molar-refractivity contribution in [3.05, 3.63) is 22.3 Å². The van der Waals surface area contributed by atoms with Gasteiger partial charge in [0.25, 0.3) is 0 Å². The van der Waals surface area contributed by atoms with Gasteiger partial charge in [0.1, 0.15) is 23.7 Å². The minimum atomic E-state index is -1.03. The number of carboxylic acid groups (broad SMARTS) is 1. The number of ether oxygens (including phenoxy) is 2. The molecule has 1 aliphatic heterocycles. The van der Waals surface area contributed by atoms with Crippen molar-refractivity contribution in [3.8, 4) is 11.5 Å². The van der Waals surface area contributed by atoms with Crippen LogP contribution in [-0.2, 0) is 20.7 Å². The number of rotatable bonds is 5. The number of benzene rings is 1. The van der Waals surface area contributed by atoms with Gasteiger partial charge in [-0.1, -0.05) is 0 Å². The highest BCUT2D eigenvalue weighted by atomic mass is 16.6.